The van der Waals surface area contributed by atoms with E-state index in [1.807, 2.05) is 0 Å². The van der Waals surface area contributed by atoms with Crippen molar-refractivity contribution in [2.45, 2.75) is 12.6 Å². The van der Waals surface area contributed by atoms with Crippen LogP contribution in [0, 0.1) is 11.2 Å². The lowest BCUT2D eigenvalue weighted by Crippen LogP contribution is -2.15. The van der Waals surface area contributed by atoms with Crippen LogP contribution in [0.2, 0.25) is 5.02 Å². The van der Waals surface area contributed by atoms with E-state index in [0.717, 1.165) is 0 Å². The fourth-order valence-corrected chi connectivity index (χ4v) is 1.38. The molecule has 0 aliphatic heterocycles. The van der Waals surface area contributed by atoms with Gasteiger partial charge in [0.1, 0.15) is 5.82 Å². The second-order valence-electron chi connectivity index (χ2n) is 3.13. The fourth-order valence-electron chi connectivity index (χ4n) is 1.14. The molecule has 0 fully saturated rings. The molecule has 1 rings (SSSR count). The number of alkyl halides is 3. The van der Waals surface area contributed by atoms with Gasteiger partial charge < -0.3 is 5.73 Å². The number of hydrogen-bond donors (Lipinski definition) is 2. The van der Waals surface area contributed by atoms with E-state index in [2.05, 4.69) is 0 Å². The van der Waals surface area contributed by atoms with Crippen LogP contribution in [0.1, 0.15) is 11.1 Å². The van der Waals surface area contributed by atoms with Crippen molar-refractivity contribution in [3.8, 4) is 0 Å². The molecule has 2 nitrogen and oxygen atoms in total. The number of rotatable bonds is 2. The molecule has 1 aromatic carbocycles. The average Bonchev–Trinajstić information content (AvgIpc) is 2.10. The third-order valence-electron chi connectivity index (χ3n) is 1.81. The van der Waals surface area contributed by atoms with Crippen LogP contribution in [-0.2, 0) is 12.6 Å². The van der Waals surface area contributed by atoms with Gasteiger partial charge in [-0.1, -0.05) is 11.6 Å². The van der Waals surface area contributed by atoms with Gasteiger partial charge in [0.05, 0.1) is 16.4 Å². The highest BCUT2D eigenvalue weighted by Gasteiger charge is 2.32. The van der Waals surface area contributed by atoms with Crippen LogP contribution in [0.3, 0.4) is 0 Å². The summed E-state index contributed by atoms with van der Waals surface area (Å²) < 4.78 is 50.3. The quantitative estimate of drug-likeness (QED) is 0.476. The number of benzene rings is 1. The molecule has 0 spiro atoms. The highest BCUT2D eigenvalue weighted by atomic mass is 35.5. The van der Waals surface area contributed by atoms with E-state index in [0.29, 0.717) is 12.1 Å². The first-order chi connectivity index (χ1) is 7.21. The number of amidine groups is 1. The van der Waals surface area contributed by atoms with Crippen molar-refractivity contribution in [2.75, 3.05) is 0 Å². The van der Waals surface area contributed by atoms with Crippen LogP contribution >= 0.6 is 11.6 Å². The summed E-state index contributed by atoms with van der Waals surface area (Å²) in [7, 11) is 0. The topological polar surface area (TPSA) is 49.9 Å². The van der Waals surface area contributed by atoms with Crippen molar-refractivity contribution in [3.63, 3.8) is 0 Å². The predicted molar refractivity (Wildman–Crippen MR) is 52.0 cm³/mol. The van der Waals surface area contributed by atoms with Crippen molar-refractivity contribution in [1.29, 1.82) is 5.41 Å². The standard InChI is InChI=1S/C9H7ClF4N2/c10-6-3-5(9(12,13)14)1-4(8(6)11)2-7(15)16/h1,3H,2H2,(H3,15,16). The normalized spacial score (nSPS) is 11.6. The van der Waals surface area contributed by atoms with Crippen molar-refractivity contribution in [2.24, 2.45) is 5.73 Å². The van der Waals surface area contributed by atoms with E-state index in [4.69, 9.17) is 22.7 Å². The van der Waals surface area contributed by atoms with Crippen LogP contribution < -0.4 is 5.73 Å². The Bertz CT molecular complexity index is 428. The van der Waals surface area contributed by atoms with Gasteiger partial charge in [0, 0.05) is 6.42 Å². The monoisotopic (exact) mass is 254 g/mol. The Kier molecular flexibility index (Phi) is 3.42. The SMILES string of the molecule is N=C(N)Cc1cc(C(F)(F)F)cc(Cl)c1F. The van der Waals surface area contributed by atoms with Gasteiger partial charge in [-0.25, -0.2) is 4.39 Å². The van der Waals surface area contributed by atoms with E-state index in [9.17, 15) is 17.6 Å². The third-order valence-corrected chi connectivity index (χ3v) is 2.09. The first-order valence-electron chi connectivity index (χ1n) is 4.10. The zero-order valence-electron chi connectivity index (χ0n) is 7.83. The Morgan fingerprint density at radius 2 is 1.94 bits per heavy atom. The lowest BCUT2D eigenvalue weighted by molar-refractivity contribution is -0.137. The van der Waals surface area contributed by atoms with Crippen LogP contribution in [0.25, 0.3) is 0 Å². The molecule has 0 bridgehead atoms. The molecular weight excluding hydrogens is 248 g/mol. The minimum absolute atomic E-state index is 0.340. The molecule has 0 heterocycles. The van der Waals surface area contributed by atoms with E-state index >= 15 is 0 Å². The molecule has 0 aliphatic rings. The van der Waals surface area contributed by atoms with Crippen molar-refractivity contribution < 1.29 is 17.6 Å². The first-order valence-corrected chi connectivity index (χ1v) is 4.47. The number of nitrogens with two attached hydrogens (primary N) is 1. The molecule has 0 saturated carbocycles. The Labute approximate surface area is 93.5 Å². The first kappa shape index (κ1) is 12.8. The molecule has 7 heteroatoms. The summed E-state index contributed by atoms with van der Waals surface area (Å²) in [6.45, 7) is 0. The Morgan fingerprint density at radius 1 is 1.38 bits per heavy atom. The molecule has 0 aliphatic carbocycles. The summed E-state index contributed by atoms with van der Waals surface area (Å²) in [5.41, 5.74) is 3.59. The van der Waals surface area contributed by atoms with Gasteiger partial charge in [-0.3, -0.25) is 5.41 Å². The highest BCUT2D eigenvalue weighted by Crippen LogP contribution is 2.33. The zero-order chi connectivity index (χ0) is 12.5. The van der Waals surface area contributed by atoms with Gasteiger partial charge in [-0.2, -0.15) is 13.2 Å². The smallest absolute Gasteiger partial charge is 0.387 e. The Morgan fingerprint density at radius 3 is 2.38 bits per heavy atom. The van der Waals surface area contributed by atoms with Gasteiger partial charge in [-0.15, -0.1) is 0 Å². The maximum atomic E-state index is 13.3. The number of halogens is 5. The summed E-state index contributed by atoms with van der Waals surface area (Å²) in [5.74, 6) is -1.42. The van der Waals surface area contributed by atoms with E-state index in [1.165, 1.54) is 0 Å². The minimum atomic E-state index is -4.61. The maximum Gasteiger partial charge on any atom is 0.416 e. The summed E-state index contributed by atoms with van der Waals surface area (Å²) in [4.78, 5) is 0. The van der Waals surface area contributed by atoms with Crippen LogP contribution in [0.15, 0.2) is 12.1 Å². The molecule has 1 aromatic rings. The van der Waals surface area contributed by atoms with Crippen molar-refractivity contribution >= 4 is 17.4 Å². The predicted octanol–water partition coefficient (Wildman–Crippen LogP) is 2.98. The number of hydrogen-bond acceptors (Lipinski definition) is 1. The molecule has 0 aromatic heterocycles. The molecular formula is C9H7ClF4N2. The molecule has 88 valence electrons. The van der Waals surface area contributed by atoms with Crippen molar-refractivity contribution in [1.82, 2.24) is 0 Å². The lowest BCUT2D eigenvalue weighted by atomic mass is 10.1. The van der Waals surface area contributed by atoms with Crippen LogP contribution in [-0.4, -0.2) is 5.84 Å². The largest absolute Gasteiger partial charge is 0.416 e. The minimum Gasteiger partial charge on any atom is -0.387 e. The Balaban J connectivity index is 3.27. The zero-order valence-corrected chi connectivity index (χ0v) is 8.58. The molecule has 0 saturated heterocycles. The van der Waals surface area contributed by atoms with Crippen LogP contribution in [0.5, 0.6) is 0 Å². The Hall–Kier alpha value is -1.30. The summed E-state index contributed by atoms with van der Waals surface area (Å²) in [6.07, 6.45) is -5.02. The maximum absolute atomic E-state index is 13.3. The fraction of sp³-hybridized carbons (Fsp3) is 0.222. The highest BCUT2D eigenvalue weighted by molar-refractivity contribution is 6.30. The molecule has 0 radical (unpaired) electrons. The lowest BCUT2D eigenvalue weighted by Gasteiger charge is -2.10. The second kappa shape index (κ2) is 4.29. The van der Waals surface area contributed by atoms with E-state index in [1.54, 1.807) is 0 Å². The molecule has 0 unspecified atom stereocenters. The van der Waals surface area contributed by atoms with E-state index in [-0.39, 0.29) is 5.56 Å². The van der Waals surface area contributed by atoms with Crippen molar-refractivity contribution in [3.05, 3.63) is 34.1 Å². The van der Waals surface area contributed by atoms with Gasteiger partial charge in [0.25, 0.3) is 0 Å². The second-order valence-corrected chi connectivity index (χ2v) is 3.54. The molecule has 0 amide bonds. The average molecular weight is 255 g/mol. The van der Waals surface area contributed by atoms with Gasteiger partial charge in [0.2, 0.25) is 0 Å². The van der Waals surface area contributed by atoms with Gasteiger partial charge in [0.15, 0.2) is 0 Å². The summed E-state index contributed by atoms with van der Waals surface area (Å²) in [6, 6.07) is 1.10. The van der Waals surface area contributed by atoms with Gasteiger partial charge >= 0.3 is 6.18 Å². The molecule has 0 atom stereocenters. The summed E-state index contributed by atoms with van der Waals surface area (Å²) >= 11 is 5.32. The summed E-state index contributed by atoms with van der Waals surface area (Å²) in [5, 5.41) is 6.28. The van der Waals surface area contributed by atoms with E-state index < -0.39 is 34.8 Å². The van der Waals surface area contributed by atoms with Gasteiger partial charge in [-0.05, 0) is 17.7 Å². The van der Waals surface area contributed by atoms with Crippen LogP contribution in [0.4, 0.5) is 17.6 Å². The third kappa shape index (κ3) is 2.85. The molecule has 3 N–H and O–H groups in total. The number of nitrogens with one attached hydrogen (secondary N) is 1. The molecule has 16 heavy (non-hydrogen) atoms.